The Morgan fingerprint density at radius 1 is 1.17 bits per heavy atom. The van der Waals surface area contributed by atoms with Crippen molar-refractivity contribution in [3.63, 3.8) is 0 Å². The molecule has 0 atom stereocenters. The molecule has 0 radical (unpaired) electrons. The van der Waals surface area contributed by atoms with Gasteiger partial charge in [-0.05, 0) is 23.8 Å². The summed E-state index contributed by atoms with van der Waals surface area (Å²) in [5.74, 6) is 2.21. The second kappa shape index (κ2) is 4.69. The van der Waals surface area contributed by atoms with Crippen LogP contribution in [0, 0.1) is 0 Å². The molecule has 18 heavy (non-hydrogen) atoms. The van der Waals surface area contributed by atoms with Crippen molar-refractivity contribution in [2.45, 2.75) is 13.1 Å². The molecule has 2 heterocycles. The Kier molecular flexibility index (Phi) is 2.89. The number of nitrogens with zero attached hydrogens (tertiary/aromatic N) is 2. The van der Waals surface area contributed by atoms with E-state index < -0.39 is 0 Å². The van der Waals surface area contributed by atoms with Crippen molar-refractivity contribution in [2.75, 3.05) is 18.6 Å². The van der Waals surface area contributed by atoms with Crippen LogP contribution in [-0.4, -0.2) is 13.7 Å². The molecule has 3 rings (SSSR count). The summed E-state index contributed by atoms with van der Waals surface area (Å²) >= 11 is 0. The SMILES string of the molecule is COc1ccc(CN2CC[n+]3ccccc32)cc1. The van der Waals surface area contributed by atoms with E-state index in [-0.39, 0.29) is 0 Å². The minimum Gasteiger partial charge on any atom is -0.497 e. The summed E-state index contributed by atoms with van der Waals surface area (Å²) in [7, 11) is 1.70. The van der Waals surface area contributed by atoms with Gasteiger partial charge in [0.15, 0.2) is 0 Å². The van der Waals surface area contributed by atoms with Crippen molar-refractivity contribution in [3.8, 4) is 5.75 Å². The van der Waals surface area contributed by atoms with Crippen molar-refractivity contribution >= 4 is 5.82 Å². The standard InChI is InChI=1S/C15H17N2O/c1-18-14-7-5-13(6-8-14)12-17-11-10-16-9-3-2-4-15(16)17/h2-9H,10-12H2,1H3/q+1. The zero-order valence-corrected chi connectivity index (χ0v) is 10.5. The fourth-order valence-electron chi connectivity index (χ4n) is 2.40. The van der Waals surface area contributed by atoms with Crippen LogP contribution in [0.2, 0.25) is 0 Å². The van der Waals surface area contributed by atoms with Crippen LogP contribution in [0.5, 0.6) is 5.75 Å². The van der Waals surface area contributed by atoms with E-state index in [0.717, 1.165) is 25.4 Å². The average molecular weight is 241 g/mol. The van der Waals surface area contributed by atoms with Crippen LogP contribution in [0.15, 0.2) is 48.7 Å². The lowest BCUT2D eigenvalue weighted by Gasteiger charge is -2.10. The number of ether oxygens (including phenoxy) is 1. The molecule has 0 saturated heterocycles. The van der Waals surface area contributed by atoms with Crippen molar-refractivity contribution in [3.05, 3.63) is 54.2 Å². The highest BCUT2D eigenvalue weighted by atomic mass is 16.5. The number of hydrogen-bond acceptors (Lipinski definition) is 2. The number of anilines is 1. The number of aromatic nitrogens is 1. The maximum atomic E-state index is 5.18. The van der Waals surface area contributed by atoms with Gasteiger partial charge in [-0.3, -0.25) is 4.90 Å². The van der Waals surface area contributed by atoms with Crippen molar-refractivity contribution in [1.82, 2.24) is 0 Å². The molecule has 3 nitrogen and oxygen atoms in total. The molecule has 0 amide bonds. The maximum absolute atomic E-state index is 5.18. The second-order valence-electron chi connectivity index (χ2n) is 4.52. The monoisotopic (exact) mass is 241 g/mol. The Morgan fingerprint density at radius 3 is 2.78 bits per heavy atom. The number of pyridine rings is 1. The molecule has 0 spiro atoms. The molecule has 0 unspecified atom stereocenters. The zero-order valence-electron chi connectivity index (χ0n) is 10.5. The molecule has 0 bridgehead atoms. The third-order valence-corrected chi connectivity index (χ3v) is 3.38. The molecule has 0 fully saturated rings. The first kappa shape index (κ1) is 11.1. The largest absolute Gasteiger partial charge is 0.497 e. The van der Waals surface area contributed by atoms with Crippen LogP contribution in [0.1, 0.15) is 5.56 Å². The van der Waals surface area contributed by atoms with Gasteiger partial charge < -0.3 is 4.74 Å². The fraction of sp³-hybridized carbons (Fsp3) is 0.267. The topological polar surface area (TPSA) is 16.4 Å². The summed E-state index contributed by atoms with van der Waals surface area (Å²) in [5.41, 5.74) is 1.31. The minimum atomic E-state index is 0.912. The average Bonchev–Trinajstić information content (AvgIpc) is 2.83. The smallest absolute Gasteiger partial charge is 0.277 e. The molecular formula is C15H17N2O+. The Bertz CT molecular complexity index is 536. The van der Waals surface area contributed by atoms with Crippen LogP contribution in [-0.2, 0) is 13.1 Å². The van der Waals surface area contributed by atoms with Gasteiger partial charge >= 0.3 is 0 Å². The van der Waals surface area contributed by atoms with Gasteiger partial charge in [-0.1, -0.05) is 18.2 Å². The predicted octanol–water partition coefficient (Wildman–Crippen LogP) is 2.00. The predicted molar refractivity (Wildman–Crippen MR) is 70.7 cm³/mol. The van der Waals surface area contributed by atoms with Crippen molar-refractivity contribution in [2.24, 2.45) is 0 Å². The van der Waals surface area contributed by atoms with E-state index in [1.807, 2.05) is 12.1 Å². The van der Waals surface area contributed by atoms with E-state index in [4.69, 9.17) is 4.74 Å². The summed E-state index contributed by atoms with van der Waals surface area (Å²) in [5, 5.41) is 0. The molecule has 92 valence electrons. The highest BCUT2D eigenvalue weighted by molar-refractivity contribution is 5.37. The lowest BCUT2D eigenvalue weighted by Crippen LogP contribution is -2.30. The first-order valence-electron chi connectivity index (χ1n) is 6.23. The molecule has 0 aliphatic carbocycles. The van der Waals surface area contributed by atoms with E-state index in [2.05, 4.69) is 46.0 Å². The molecule has 0 saturated carbocycles. The van der Waals surface area contributed by atoms with Gasteiger partial charge in [0.25, 0.3) is 5.82 Å². The van der Waals surface area contributed by atoms with Crippen LogP contribution >= 0.6 is 0 Å². The number of benzene rings is 1. The van der Waals surface area contributed by atoms with E-state index in [1.54, 1.807) is 7.11 Å². The molecule has 1 aliphatic rings. The van der Waals surface area contributed by atoms with Crippen LogP contribution < -0.4 is 14.2 Å². The molecule has 2 aromatic rings. The summed E-state index contributed by atoms with van der Waals surface area (Å²) < 4.78 is 7.47. The minimum absolute atomic E-state index is 0.912. The summed E-state index contributed by atoms with van der Waals surface area (Å²) in [6.07, 6.45) is 2.14. The Balaban J connectivity index is 1.77. The Morgan fingerprint density at radius 2 is 2.00 bits per heavy atom. The molecule has 1 aromatic heterocycles. The van der Waals surface area contributed by atoms with Gasteiger partial charge in [-0.2, -0.15) is 0 Å². The first-order valence-corrected chi connectivity index (χ1v) is 6.23. The van der Waals surface area contributed by atoms with E-state index >= 15 is 0 Å². The van der Waals surface area contributed by atoms with Crippen LogP contribution in [0.25, 0.3) is 0 Å². The van der Waals surface area contributed by atoms with Gasteiger partial charge in [0.05, 0.1) is 13.3 Å². The Labute approximate surface area is 107 Å². The summed E-state index contributed by atoms with van der Waals surface area (Å²) in [6, 6.07) is 14.7. The molecular weight excluding hydrogens is 224 g/mol. The lowest BCUT2D eigenvalue weighted by molar-refractivity contribution is -0.671. The second-order valence-corrected chi connectivity index (χ2v) is 4.52. The maximum Gasteiger partial charge on any atom is 0.277 e. The van der Waals surface area contributed by atoms with Crippen LogP contribution in [0.4, 0.5) is 5.82 Å². The molecule has 3 heteroatoms. The first-order chi connectivity index (χ1) is 8.86. The zero-order chi connectivity index (χ0) is 12.4. The quantitative estimate of drug-likeness (QED) is 0.764. The van der Waals surface area contributed by atoms with Crippen LogP contribution in [0.3, 0.4) is 0 Å². The third-order valence-electron chi connectivity index (χ3n) is 3.38. The fourth-order valence-corrected chi connectivity index (χ4v) is 2.40. The van der Waals surface area contributed by atoms with E-state index in [1.165, 1.54) is 11.4 Å². The van der Waals surface area contributed by atoms with E-state index in [9.17, 15) is 0 Å². The van der Waals surface area contributed by atoms with Crippen molar-refractivity contribution < 1.29 is 9.30 Å². The molecule has 1 aromatic carbocycles. The molecule has 1 aliphatic heterocycles. The lowest BCUT2D eigenvalue weighted by atomic mass is 10.2. The van der Waals surface area contributed by atoms with Gasteiger partial charge in [-0.25, -0.2) is 4.57 Å². The number of methoxy groups -OCH3 is 1. The number of rotatable bonds is 3. The van der Waals surface area contributed by atoms with Gasteiger partial charge in [0.2, 0.25) is 0 Å². The number of fused-ring (bicyclic) bond motifs is 1. The van der Waals surface area contributed by atoms with Gasteiger partial charge in [0.1, 0.15) is 25.4 Å². The van der Waals surface area contributed by atoms with Gasteiger partial charge in [0, 0.05) is 6.07 Å². The number of hydrogen-bond donors (Lipinski definition) is 0. The highest BCUT2D eigenvalue weighted by Gasteiger charge is 2.26. The highest BCUT2D eigenvalue weighted by Crippen LogP contribution is 2.18. The summed E-state index contributed by atoms with van der Waals surface area (Å²) in [6.45, 7) is 3.11. The molecule has 0 N–H and O–H groups in total. The third kappa shape index (κ3) is 2.04. The Hall–Kier alpha value is -2.03. The summed E-state index contributed by atoms with van der Waals surface area (Å²) in [4.78, 5) is 2.40. The van der Waals surface area contributed by atoms with E-state index in [0.29, 0.717) is 0 Å². The van der Waals surface area contributed by atoms with Crippen molar-refractivity contribution in [1.29, 1.82) is 0 Å². The normalized spacial score (nSPS) is 13.5. The van der Waals surface area contributed by atoms with Gasteiger partial charge in [-0.15, -0.1) is 0 Å².